The molecule has 1 aliphatic rings. The van der Waals surface area contributed by atoms with E-state index in [-0.39, 0.29) is 47.0 Å². The van der Waals surface area contributed by atoms with Crippen molar-refractivity contribution >= 4 is 131 Å². The average Bonchev–Trinajstić information content (AvgIpc) is 2.93. The van der Waals surface area contributed by atoms with Crippen LogP contribution in [0.15, 0.2) is 0 Å². The number of hydrogen-bond donors (Lipinski definition) is 2. The summed E-state index contributed by atoms with van der Waals surface area (Å²) in [4.78, 5) is 87.9. The van der Waals surface area contributed by atoms with Crippen molar-refractivity contribution in [1.82, 2.24) is 10.6 Å². The van der Waals surface area contributed by atoms with Gasteiger partial charge in [0.2, 0.25) is 5.91 Å². The average molecular weight is 1030 g/mol. The number of esters is 4. The van der Waals surface area contributed by atoms with E-state index in [9.17, 15) is 33.6 Å². The molecule has 1 saturated heterocycles. The van der Waals surface area contributed by atoms with Crippen LogP contribution in [0.1, 0.15) is 61.3 Å². The predicted molar refractivity (Wildman–Crippen MR) is 188 cm³/mol. The van der Waals surface area contributed by atoms with Gasteiger partial charge >= 0.3 is 23.9 Å². The molecule has 2 rings (SSSR count). The van der Waals surface area contributed by atoms with Crippen LogP contribution in [0.4, 0.5) is 5.69 Å². The highest BCUT2D eigenvalue weighted by Crippen LogP contribution is 2.40. The second-order valence-corrected chi connectivity index (χ2v) is 14.0. The molecule has 1 aliphatic heterocycles. The summed E-state index contributed by atoms with van der Waals surface area (Å²) in [5.74, 6) is -4.06. The molecule has 0 bridgehead atoms. The molecule has 1 aromatic carbocycles. The SMILES string of the molecule is CC(=O)OCC(COC(C)=O)NC(=O)c1c(I)c(C(=O)NC(COC(C)=O)COC(C)=O)c(I)c(N2CCCC(Br)C2=O)c1I. The van der Waals surface area contributed by atoms with Gasteiger partial charge in [0.15, 0.2) is 0 Å². The predicted octanol–water partition coefficient (Wildman–Crippen LogP) is 2.84. The molecular formula is C27H31BrI3N3O11. The Labute approximate surface area is 308 Å². The fourth-order valence-electron chi connectivity index (χ4n) is 3.99. The number of hydrogen-bond acceptors (Lipinski definition) is 11. The van der Waals surface area contributed by atoms with Crippen LogP contribution in [0.3, 0.4) is 0 Å². The van der Waals surface area contributed by atoms with Crippen LogP contribution >= 0.6 is 83.7 Å². The summed E-state index contributed by atoms with van der Waals surface area (Å²) in [5.41, 5.74) is 0.441. The molecule has 0 saturated carbocycles. The Morgan fingerprint density at radius 2 is 1.09 bits per heavy atom. The van der Waals surface area contributed by atoms with Gasteiger partial charge in [-0.1, -0.05) is 15.9 Å². The minimum Gasteiger partial charge on any atom is -0.464 e. The van der Waals surface area contributed by atoms with E-state index >= 15 is 0 Å². The first-order valence-electron chi connectivity index (χ1n) is 13.4. The Balaban J connectivity index is 2.66. The first-order chi connectivity index (χ1) is 21.0. The summed E-state index contributed by atoms with van der Waals surface area (Å²) in [6.45, 7) is 3.91. The zero-order valence-electron chi connectivity index (χ0n) is 24.6. The van der Waals surface area contributed by atoms with Crippen LogP contribution in [0.2, 0.25) is 0 Å². The summed E-state index contributed by atoms with van der Waals surface area (Å²) < 4.78 is 21.1. The Bertz CT molecular complexity index is 1240. The first kappa shape index (κ1) is 39.4. The van der Waals surface area contributed by atoms with Gasteiger partial charge in [0.25, 0.3) is 11.8 Å². The second-order valence-electron chi connectivity index (χ2n) is 9.69. The number of halogens is 4. The van der Waals surface area contributed by atoms with Crippen LogP contribution in [0.25, 0.3) is 0 Å². The molecule has 3 amide bonds. The lowest BCUT2D eigenvalue weighted by Crippen LogP contribution is -2.46. The first-order valence-corrected chi connectivity index (χ1v) is 17.5. The Morgan fingerprint density at radius 1 is 0.733 bits per heavy atom. The van der Waals surface area contributed by atoms with Crippen molar-refractivity contribution in [2.24, 2.45) is 0 Å². The maximum Gasteiger partial charge on any atom is 0.302 e. The van der Waals surface area contributed by atoms with Crippen LogP contribution in [-0.2, 0) is 42.9 Å². The van der Waals surface area contributed by atoms with Crippen LogP contribution in [0, 0.1) is 10.7 Å². The van der Waals surface area contributed by atoms with E-state index in [1.807, 2.05) is 67.8 Å². The summed E-state index contributed by atoms with van der Waals surface area (Å²) in [5, 5.41) is 5.41. The van der Waals surface area contributed by atoms with Crippen molar-refractivity contribution < 1.29 is 52.5 Å². The molecule has 0 radical (unpaired) electrons. The molecule has 0 spiro atoms. The van der Waals surface area contributed by atoms with Gasteiger partial charge in [-0.25, -0.2) is 0 Å². The van der Waals surface area contributed by atoms with Crippen molar-refractivity contribution in [3.63, 3.8) is 0 Å². The Morgan fingerprint density at radius 3 is 1.42 bits per heavy atom. The molecular weight excluding hydrogens is 1000 g/mol. The van der Waals surface area contributed by atoms with Gasteiger partial charge < -0.3 is 34.5 Å². The van der Waals surface area contributed by atoms with Crippen LogP contribution < -0.4 is 15.5 Å². The molecule has 1 unspecified atom stereocenters. The molecule has 1 atom stereocenters. The normalized spacial score (nSPS) is 14.6. The standard InChI is InChI=1S/C27H31BrI3N3O11/c1-12(35)42-8-16(9-43-13(2)36)32-25(39)19-21(29)20(26(40)33-17(10-44-14(3)37)11-45-15(4)38)23(31)24(22(19)30)34-7-5-6-18(28)27(34)41/h16-18H,5-11H2,1-4H3,(H,32,39)(H,33,40). The van der Waals surface area contributed by atoms with E-state index in [1.54, 1.807) is 0 Å². The van der Waals surface area contributed by atoms with Gasteiger partial charge in [0.1, 0.15) is 26.4 Å². The van der Waals surface area contributed by atoms with Crippen molar-refractivity contribution in [1.29, 1.82) is 0 Å². The van der Waals surface area contributed by atoms with E-state index < -0.39 is 52.6 Å². The van der Waals surface area contributed by atoms with E-state index in [2.05, 4.69) is 26.6 Å². The van der Waals surface area contributed by atoms with E-state index in [0.717, 1.165) is 0 Å². The molecule has 0 aromatic heterocycles. The van der Waals surface area contributed by atoms with Crippen molar-refractivity contribution in [2.75, 3.05) is 37.9 Å². The van der Waals surface area contributed by atoms with Crippen LogP contribution in [0.5, 0.6) is 0 Å². The molecule has 1 fully saturated rings. The molecule has 18 heteroatoms. The monoisotopic (exact) mass is 1030 g/mol. The lowest BCUT2D eigenvalue weighted by Gasteiger charge is -2.33. The van der Waals surface area contributed by atoms with E-state index in [4.69, 9.17) is 18.9 Å². The number of ether oxygens (including phenoxy) is 4. The molecule has 0 aliphatic carbocycles. The minimum absolute atomic E-state index is 0.0495. The van der Waals surface area contributed by atoms with Crippen molar-refractivity contribution in [3.8, 4) is 0 Å². The third-order valence-electron chi connectivity index (χ3n) is 6.01. The zero-order valence-corrected chi connectivity index (χ0v) is 32.7. The highest BCUT2D eigenvalue weighted by atomic mass is 127. The Hall–Kier alpha value is -1.82. The number of amides is 3. The highest BCUT2D eigenvalue weighted by molar-refractivity contribution is 14.1. The van der Waals surface area contributed by atoms with Crippen LogP contribution in [-0.4, -0.2) is 91.5 Å². The van der Waals surface area contributed by atoms with Gasteiger partial charge in [0.05, 0.1) is 40.9 Å². The largest absolute Gasteiger partial charge is 0.464 e. The number of anilines is 1. The minimum atomic E-state index is -0.933. The van der Waals surface area contributed by atoms with Crippen molar-refractivity contribution in [3.05, 3.63) is 21.8 Å². The smallest absolute Gasteiger partial charge is 0.302 e. The molecule has 2 N–H and O–H groups in total. The van der Waals surface area contributed by atoms with Crippen molar-refractivity contribution in [2.45, 2.75) is 57.4 Å². The number of nitrogens with one attached hydrogen (secondary N) is 2. The summed E-state index contributed by atoms with van der Waals surface area (Å²) >= 11 is 9.16. The van der Waals surface area contributed by atoms with Gasteiger partial charge in [0, 0.05) is 37.8 Å². The third-order valence-corrected chi connectivity index (χ3v) is 10.0. The number of carbonyl (C=O) groups excluding carboxylic acids is 7. The van der Waals surface area contributed by atoms with Gasteiger partial charge in [-0.05, 0) is 80.6 Å². The Kier molecular flexibility index (Phi) is 16.2. The molecule has 14 nitrogen and oxygen atoms in total. The number of alkyl halides is 1. The maximum atomic E-state index is 13.9. The maximum absolute atomic E-state index is 13.9. The lowest BCUT2D eigenvalue weighted by molar-refractivity contribution is -0.146. The number of nitrogens with zero attached hydrogens (tertiary/aromatic N) is 1. The molecule has 248 valence electrons. The van der Waals surface area contributed by atoms with E-state index in [1.165, 1.54) is 32.6 Å². The quantitative estimate of drug-likeness (QED) is 0.128. The van der Waals surface area contributed by atoms with Gasteiger partial charge in [-0.2, -0.15) is 0 Å². The number of benzene rings is 1. The topological polar surface area (TPSA) is 184 Å². The third kappa shape index (κ3) is 11.7. The molecule has 1 aromatic rings. The fourth-order valence-corrected chi connectivity index (χ4v) is 9.29. The molecule has 1 heterocycles. The summed E-state index contributed by atoms with van der Waals surface area (Å²) in [6.07, 6.45) is 1.26. The van der Waals surface area contributed by atoms with Gasteiger partial charge in [-0.15, -0.1) is 0 Å². The van der Waals surface area contributed by atoms with Gasteiger partial charge in [-0.3, -0.25) is 33.6 Å². The number of piperidine rings is 1. The lowest BCUT2D eigenvalue weighted by atomic mass is 10.0. The summed E-state index contributed by atoms with van der Waals surface area (Å²) in [6, 6.07) is -1.87. The molecule has 45 heavy (non-hydrogen) atoms. The highest BCUT2D eigenvalue weighted by Gasteiger charge is 2.36. The zero-order chi connectivity index (χ0) is 34.0. The van der Waals surface area contributed by atoms with E-state index in [0.29, 0.717) is 32.2 Å². The fraction of sp³-hybridized carbons (Fsp3) is 0.519. The summed E-state index contributed by atoms with van der Waals surface area (Å²) in [7, 11) is 0. The number of carbonyl (C=O) groups is 7. The second kappa shape index (κ2) is 18.5. The number of rotatable bonds is 13.